The highest BCUT2D eigenvalue weighted by Crippen LogP contribution is 2.29. The van der Waals surface area contributed by atoms with Crippen molar-refractivity contribution in [2.24, 2.45) is 0 Å². The predicted octanol–water partition coefficient (Wildman–Crippen LogP) is 3.03. The Hall–Kier alpha value is -1.36. The third kappa shape index (κ3) is 1.87. The van der Waals surface area contributed by atoms with Crippen LogP contribution in [0.2, 0.25) is 0 Å². The number of carbonyl (C=O) groups excluding carboxylic acids is 1. The highest BCUT2D eigenvalue weighted by atomic mass is 79.9. The van der Waals surface area contributed by atoms with Crippen molar-refractivity contribution in [1.82, 2.24) is 4.98 Å². The van der Waals surface area contributed by atoms with Crippen LogP contribution in [0, 0.1) is 5.82 Å². The maximum Gasteiger partial charge on any atom is 0.221 e. The van der Waals surface area contributed by atoms with E-state index in [0.29, 0.717) is 16.6 Å². The van der Waals surface area contributed by atoms with Crippen LogP contribution in [0.15, 0.2) is 22.8 Å². The molecule has 0 saturated carbocycles. The van der Waals surface area contributed by atoms with Crippen LogP contribution in [0.5, 0.6) is 0 Å². The van der Waals surface area contributed by atoms with E-state index in [9.17, 15) is 9.18 Å². The minimum atomic E-state index is -0.335. The predicted molar refractivity (Wildman–Crippen MR) is 60.3 cm³/mol. The van der Waals surface area contributed by atoms with Gasteiger partial charge in [0.1, 0.15) is 5.82 Å². The molecule has 0 atom stereocenters. The highest BCUT2D eigenvalue weighted by molar-refractivity contribution is 9.10. The van der Waals surface area contributed by atoms with Gasteiger partial charge in [0.15, 0.2) is 0 Å². The topological polar surface area (TPSA) is 44.9 Å². The number of benzene rings is 1. The van der Waals surface area contributed by atoms with Crippen molar-refractivity contribution >= 4 is 38.4 Å². The molecule has 0 aliphatic heterocycles. The molecule has 15 heavy (non-hydrogen) atoms. The van der Waals surface area contributed by atoms with Crippen molar-refractivity contribution in [1.29, 1.82) is 0 Å². The van der Waals surface area contributed by atoms with Crippen molar-refractivity contribution in [3.8, 4) is 0 Å². The maximum atomic E-state index is 13.3. The molecule has 5 heteroatoms. The second kappa shape index (κ2) is 3.66. The zero-order chi connectivity index (χ0) is 11.0. The number of carbonyl (C=O) groups is 1. The normalized spacial score (nSPS) is 10.6. The fourth-order valence-electron chi connectivity index (χ4n) is 1.45. The molecular formula is C10H8BrFN2O. The second-order valence-electron chi connectivity index (χ2n) is 3.19. The summed E-state index contributed by atoms with van der Waals surface area (Å²) in [6.45, 7) is 1.41. The van der Waals surface area contributed by atoms with E-state index in [0.717, 1.165) is 4.47 Å². The Balaban J connectivity index is 2.66. The van der Waals surface area contributed by atoms with E-state index in [4.69, 9.17) is 0 Å². The van der Waals surface area contributed by atoms with Gasteiger partial charge < -0.3 is 10.3 Å². The van der Waals surface area contributed by atoms with E-state index >= 15 is 0 Å². The van der Waals surface area contributed by atoms with E-state index < -0.39 is 0 Å². The molecule has 0 unspecified atom stereocenters. The number of halogens is 2. The first kappa shape index (κ1) is 10.2. The van der Waals surface area contributed by atoms with Gasteiger partial charge in [0.25, 0.3) is 0 Å². The first-order valence-corrected chi connectivity index (χ1v) is 5.11. The summed E-state index contributed by atoms with van der Waals surface area (Å²) in [6.07, 6.45) is 1.27. The molecule has 1 amide bonds. The fourth-order valence-corrected chi connectivity index (χ4v) is 1.91. The quantitative estimate of drug-likeness (QED) is 0.822. The Bertz CT molecular complexity index is 535. The van der Waals surface area contributed by atoms with Crippen LogP contribution in [0.25, 0.3) is 10.9 Å². The average Bonchev–Trinajstić information content (AvgIpc) is 2.47. The Morgan fingerprint density at radius 3 is 2.93 bits per heavy atom. The molecule has 1 heterocycles. The molecule has 1 aromatic heterocycles. The maximum absolute atomic E-state index is 13.3. The minimum absolute atomic E-state index is 0.190. The summed E-state index contributed by atoms with van der Waals surface area (Å²) in [4.78, 5) is 13.7. The first-order chi connectivity index (χ1) is 7.08. The van der Waals surface area contributed by atoms with Gasteiger partial charge in [-0.15, -0.1) is 0 Å². The third-order valence-corrected chi connectivity index (χ3v) is 2.47. The van der Waals surface area contributed by atoms with Gasteiger partial charge in [-0.25, -0.2) is 4.39 Å². The van der Waals surface area contributed by atoms with Crippen molar-refractivity contribution in [3.63, 3.8) is 0 Å². The second-order valence-corrected chi connectivity index (χ2v) is 4.11. The Labute approximate surface area is 93.8 Å². The van der Waals surface area contributed by atoms with E-state index in [1.165, 1.54) is 13.1 Å². The molecule has 0 spiro atoms. The summed E-state index contributed by atoms with van der Waals surface area (Å²) in [7, 11) is 0. The molecule has 3 nitrogen and oxygen atoms in total. The van der Waals surface area contributed by atoms with Crippen LogP contribution in [0.1, 0.15) is 6.92 Å². The lowest BCUT2D eigenvalue weighted by molar-refractivity contribution is -0.114. The first-order valence-electron chi connectivity index (χ1n) is 4.31. The SMILES string of the molecule is CC(=O)Nc1cc(Br)cc2c(F)c[nH]c12. The molecule has 0 aliphatic carbocycles. The largest absolute Gasteiger partial charge is 0.357 e. The van der Waals surface area contributed by atoms with Crippen LogP contribution >= 0.6 is 15.9 Å². The number of amides is 1. The van der Waals surface area contributed by atoms with Gasteiger partial charge in [-0.2, -0.15) is 0 Å². The summed E-state index contributed by atoms with van der Waals surface area (Å²) in [5.41, 5.74) is 1.15. The third-order valence-electron chi connectivity index (χ3n) is 2.01. The van der Waals surface area contributed by atoms with E-state index in [2.05, 4.69) is 26.2 Å². The molecule has 0 radical (unpaired) electrons. The van der Waals surface area contributed by atoms with Crippen LogP contribution < -0.4 is 5.32 Å². The summed E-state index contributed by atoms with van der Waals surface area (Å²) >= 11 is 3.26. The molecule has 0 bridgehead atoms. The van der Waals surface area contributed by atoms with Gasteiger partial charge in [0, 0.05) is 23.0 Å². The lowest BCUT2D eigenvalue weighted by atomic mass is 10.2. The number of hydrogen-bond donors (Lipinski definition) is 2. The lowest BCUT2D eigenvalue weighted by Crippen LogP contribution is -2.06. The molecule has 1 aromatic carbocycles. The summed E-state index contributed by atoms with van der Waals surface area (Å²) in [6, 6.07) is 3.38. The molecule has 0 saturated heterocycles. The van der Waals surface area contributed by atoms with Crippen molar-refractivity contribution in [3.05, 3.63) is 28.6 Å². The van der Waals surface area contributed by atoms with Gasteiger partial charge >= 0.3 is 0 Å². The Kier molecular flexibility index (Phi) is 2.48. The summed E-state index contributed by atoms with van der Waals surface area (Å²) in [5.74, 6) is -0.526. The van der Waals surface area contributed by atoms with Crippen LogP contribution in [0.4, 0.5) is 10.1 Å². The molecular weight excluding hydrogens is 263 g/mol. The van der Waals surface area contributed by atoms with Gasteiger partial charge in [-0.1, -0.05) is 15.9 Å². The van der Waals surface area contributed by atoms with Crippen LogP contribution in [-0.4, -0.2) is 10.9 Å². The van der Waals surface area contributed by atoms with Gasteiger partial charge in [-0.05, 0) is 12.1 Å². The highest BCUT2D eigenvalue weighted by Gasteiger charge is 2.09. The Morgan fingerprint density at radius 2 is 2.27 bits per heavy atom. The average molecular weight is 271 g/mol. The number of aromatic amines is 1. The van der Waals surface area contributed by atoms with E-state index in [1.54, 1.807) is 12.1 Å². The van der Waals surface area contributed by atoms with Crippen molar-refractivity contribution in [2.75, 3.05) is 5.32 Å². The summed E-state index contributed by atoms with van der Waals surface area (Å²) in [5, 5.41) is 3.09. The molecule has 78 valence electrons. The van der Waals surface area contributed by atoms with E-state index in [1.807, 2.05) is 0 Å². The number of aromatic nitrogens is 1. The molecule has 0 fully saturated rings. The zero-order valence-electron chi connectivity index (χ0n) is 7.90. The van der Waals surface area contributed by atoms with Gasteiger partial charge in [0.2, 0.25) is 5.91 Å². The molecule has 0 aliphatic rings. The summed E-state index contributed by atoms with van der Waals surface area (Å²) < 4.78 is 14.0. The number of rotatable bonds is 1. The van der Waals surface area contributed by atoms with Crippen LogP contribution in [-0.2, 0) is 4.79 Å². The number of fused-ring (bicyclic) bond motifs is 1. The lowest BCUT2D eigenvalue weighted by Gasteiger charge is -2.04. The number of anilines is 1. The van der Waals surface area contributed by atoms with Crippen LogP contribution in [0.3, 0.4) is 0 Å². The number of hydrogen-bond acceptors (Lipinski definition) is 1. The molecule has 2 aromatic rings. The van der Waals surface area contributed by atoms with E-state index in [-0.39, 0.29) is 11.7 Å². The number of nitrogens with one attached hydrogen (secondary N) is 2. The van der Waals surface area contributed by atoms with Crippen molar-refractivity contribution < 1.29 is 9.18 Å². The number of H-pyrrole nitrogens is 1. The fraction of sp³-hybridized carbons (Fsp3) is 0.100. The molecule has 2 N–H and O–H groups in total. The standard InChI is InChI=1S/C10H8BrFN2O/c1-5(15)14-9-3-6(11)2-7-8(12)4-13-10(7)9/h2-4,13H,1H3,(H,14,15). The molecule has 2 rings (SSSR count). The van der Waals surface area contributed by atoms with Gasteiger partial charge in [0.05, 0.1) is 11.2 Å². The zero-order valence-corrected chi connectivity index (χ0v) is 9.48. The Morgan fingerprint density at radius 1 is 1.53 bits per heavy atom. The van der Waals surface area contributed by atoms with Crippen molar-refractivity contribution in [2.45, 2.75) is 6.92 Å². The van der Waals surface area contributed by atoms with Gasteiger partial charge in [-0.3, -0.25) is 4.79 Å². The smallest absolute Gasteiger partial charge is 0.221 e. The minimum Gasteiger partial charge on any atom is -0.357 e. The monoisotopic (exact) mass is 270 g/mol.